The lowest BCUT2D eigenvalue weighted by molar-refractivity contribution is 0.570. The number of fused-ring (bicyclic) bond motifs is 1. The van der Waals surface area contributed by atoms with Gasteiger partial charge in [-0.3, -0.25) is 0 Å². The summed E-state index contributed by atoms with van der Waals surface area (Å²) < 4.78 is 16.4. The molecule has 0 N–H and O–H groups in total. The molecule has 20 heavy (non-hydrogen) atoms. The highest BCUT2D eigenvalue weighted by Crippen LogP contribution is 2.34. The maximum absolute atomic E-state index is 13.8. The van der Waals surface area contributed by atoms with E-state index >= 15 is 0 Å². The van der Waals surface area contributed by atoms with Crippen LogP contribution in [0.5, 0.6) is 0 Å². The molecule has 108 valence electrons. The number of hydrogen-bond donors (Lipinski definition) is 0. The number of alkyl halides is 1. The smallest absolute Gasteiger partial charge is 0.139 e. The van der Waals surface area contributed by atoms with E-state index in [1.807, 2.05) is 0 Å². The summed E-state index contributed by atoms with van der Waals surface area (Å²) in [5, 5.41) is 0. The molecule has 1 heterocycles. The van der Waals surface area contributed by atoms with Gasteiger partial charge in [-0.25, -0.2) is 9.37 Å². The molecule has 1 saturated carbocycles. The second kappa shape index (κ2) is 6.02. The molecule has 0 atom stereocenters. The molecular formula is C15H17BrClFN2. The summed E-state index contributed by atoms with van der Waals surface area (Å²) >= 11 is 9.07. The van der Waals surface area contributed by atoms with Crippen LogP contribution in [0, 0.1) is 11.7 Å². The van der Waals surface area contributed by atoms with Gasteiger partial charge in [0.25, 0.3) is 0 Å². The third-order valence-electron chi connectivity index (χ3n) is 3.88. The zero-order chi connectivity index (χ0) is 14.1. The van der Waals surface area contributed by atoms with Gasteiger partial charge in [-0.1, -0.05) is 12.8 Å². The summed E-state index contributed by atoms with van der Waals surface area (Å²) in [4.78, 5) is 4.60. The lowest BCUT2D eigenvalue weighted by atomic mass is 10.2. The molecule has 0 aliphatic heterocycles. The van der Waals surface area contributed by atoms with Crippen molar-refractivity contribution in [2.75, 3.05) is 5.88 Å². The van der Waals surface area contributed by atoms with Crippen LogP contribution in [-0.2, 0) is 13.0 Å². The normalized spacial score (nSPS) is 15.2. The van der Waals surface area contributed by atoms with Crippen LogP contribution in [0.3, 0.4) is 0 Å². The molecule has 0 radical (unpaired) electrons. The molecule has 0 saturated heterocycles. The zero-order valence-corrected chi connectivity index (χ0v) is 13.6. The molecule has 2 aromatic rings. The van der Waals surface area contributed by atoms with Gasteiger partial charge in [-0.05, 0) is 40.8 Å². The molecular weight excluding hydrogens is 343 g/mol. The number of aromatic nitrogens is 2. The number of rotatable bonds is 6. The van der Waals surface area contributed by atoms with Crippen molar-refractivity contribution in [3.8, 4) is 0 Å². The topological polar surface area (TPSA) is 17.8 Å². The molecule has 0 spiro atoms. The van der Waals surface area contributed by atoms with Crippen LogP contribution < -0.4 is 0 Å². The summed E-state index contributed by atoms with van der Waals surface area (Å²) in [6, 6.07) is 3.32. The van der Waals surface area contributed by atoms with Gasteiger partial charge in [0.05, 0.1) is 15.5 Å². The second-order valence-corrected chi connectivity index (χ2v) is 6.69. The molecule has 2 nitrogen and oxygen atoms in total. The molecule has 1 fully saturated rings. The first kappa shape index (κ1) is 14.3. The lowest BCUT2D eigenvalue weighted by Gasteiger charge is -2.08. The number of imidazole rings is 1. The van der Waals surface area contributed by atoms with Crippen LogP contribution in [0.15, 0.2) is 16.6 Å². The Morgan fingerprint density at radius 1 is 1.40 bits per heavy atom. The van der Waals surface area contributed by atoms with Crippen molar-refractivity contribution in [1.29, 1.82) is 0 Å². The fraction of sp³-hybridized carbons (Fsp3) is 0.533. The Morgan fingerprint density at radius 2 is 2.20 bits per heavy atom. The summed E-state index contributed by atoms with van der Waals surface area (Å²) in [6.07, 6.45) is 5.86. The maximum Gasteiger partial charge on any atom is 0.139 e. The number of hydrogen-bond acceptors (Lipinski definition) is 1. The first-order valence-corrected chi connectivity index (χ1v) is 8.42. The molecule has 0 unspecified atom stereocenters. The quantitative estimate of drug-likeness (QED) is 0.670. The summed E-state index contributed by atoms with van der Waals surface area (Å²) in [6.45, 7) is 0.903. The second-order valence-electron chi connectivity index (χ2n) is 5.46. The van der Waals surface area contributed by atoms with Crippen LogP contribution in [0.1, 0.15) is 31.5 Å². The third-order valence-corrected chi connectivity index (χ3v) is 4.68. The van der Waals surface area contributed by atoms with E-state index in [9.17, 15) is 4.39 Å². The van der Waals surface area contributed by atoms with Crippen molar-refractivity contribution in [2.45, 2.75) is 38.6 Å². The average Bonchev–Trinajstić information content (AvgIpc) is 3.18. The van der Waals surface area contributed by atoms with Crippen LogP contribution in [-0.4, -0.2) is 15.4 Å². The number of halogens is 3. The van der Waals surface area contributed by atoms with Crippen molar-refractivity contribution in [3.63, 3.8) is 0 Å². The van der Waals surface area contributed by atoms with E-state index in [0.717, 1.165) is 42.2 Å². The molecule has 0 bridgehead atoms. The lowest BCUT2D eigenvalue weighted by Crippen LogP contribution is -2.05. The third kappa shape index (κ3) is 3.01. The van der Waals surface area contributed by atoms with E-state index < -0.39 is 0 Å². The Kier molecular flexibility index (Phi) is 4.32. The SMILES string of the molecule is Fc1cc2c(cc1Br)nc(CCCl)n2CCCC1CC1. The summed E-state index contributed by atoms with van der Waals surface area (Å²) in [7, 11) is 0. The first-order chi connectivity index (χ1) is 9.69. The Hall–Kier alpha value is -0.610. The van der Waals surface area contributed by atoms with Gasteiger partial charge in [0, 0.05) is 24.9 Å². The molecule has 1 aliphatic carbocycles. The van der Waals surface area contributed by atoms with E-state index in [1.54, 1.807) is 12.1 Å². The van der Waals surface area contributed by atoms with Crippen LogP contribution in [0.4, 0.5) is 4.39 Å². The summed E-state index contributed by atoms with van der Waals surface area (Å²) in [5.74, 6) is 2.18. The van der Waals surface area contributed by atoms with Crippen molar-refractivity contribution in [3.05, 3.63) is 28.2 Å². The predicted molar refractivity (Wildman–Crippen MR) is 83.8 cm³/mol. The number of aryl methyl sites for hydroxylation is 2. The van der Waals surface area contributed by atoms with Crippen molar-refractivity contribution in [1.82, 2.24) is 9.55 Å². The van der Waals surface area contributed by atoms with Crippen LogP contribution in [0.25, 0.3) is 11.0 Å². The standard InChI is InChI=1S/C15H17BrClFN2/c16-11-8-13-14(9-12(11)18)20(15(19-13)5-6-17)7-1-2-10-3-4-10/h8-10H,1-7H2. The molecule has 0 amide bonds. The molecule has 1 aromatic heterocycles. The van der Waals surface area contributed by atoms with Crippen molar-refractivity contribution < 1.29 is 4.39 Å². The fourth-order valence-corrected chi connectivity index (χ4v) is 3.14. The number of benzene rings is 1. The van der Waals surface area contributed by atoms with Crippen LogP contribution >= 0.6 is 27.5 Å². The van der Waals surface area contributed by atoms with Gasteiger partial charge in [-0.15, -0.1) is 11.6 Å². The fourth-order valence-electron chi connectivity index (χ4n) is 2.64. The largest absolute Gasteiger partial charge is 0.328 e. The van der Waals surface area contributed by atoms with Gasteiger partial charge in [-0.2, -0.15) is 0 Å². The highest BCUT2D eigenvalue weighted by molar-refractivity contribution is 9.10. The van der Waals surface area contributed by atoms with Crippen molar-refractivity contribution in [2.24, 2.45) is 5.92 Å². The molecule has 3 rings (SSSR count). The molecule has 1 aliphatic rings. The average molecular weight is 360 g/mol. The Morgan fingerprint density at radius 3 is 2.90 bits per heavy atom. The first-order valence-electron chi connectivity index (χ1n) is 7.09. The Balaban J connectivity index is 1.91. The summed E-state index contributed by atoms with van der Waals surface area (Å²) in [5.41, 5.74) is 1.71. The van der Waals surface area contributed by atoms with E-state index in [-0.39, 0.29) is 5.82 Å². The van der Waals surface area contributed by atoms with Gasteiger partial charge in [0.2, 0.25) is 0 Å². The van der Waals surface area contributed by atoms with Crippen molar-refractivity contribution >= 4 is 38.6 Å². The minimum atomic E-state index is -0.238. The number of nitrogens with zero attached hydrogens (tertiary/aromatic N) is 2. The monoisotopic (exact) mass is 358 g/mol. The van der Waals surface area contributed by atoms with Gasteiger partial charge >= 0.3 is 0 Å². The minimum Gasteiger partial charge on any atom is -0.328 e. The predicted octanol–water partition coefficient (Wildman–Crippen LogP) is 4.91. The van der Waals surface area contributed by atoms with Gasteiger partial charge in [0.15, 0.2) is 0 Å². The van der Waals surface area contributed by atoms with Gasteiger partial charge in [0.1, 0.15) is 11.6 Å². The van der Waals surface area contributed by atoms with Crippen LogP contribution in [0.2, 0.25) is 0 Å². The Labute approximate surface area is 131 Å². The Bertz CT molecular complexity index is 622. The van der Waals surface area contributed by atoms with E-state index in [0.29, 0.717) is 10.4 Å². The zero-order valence-electron chi connectivity index (χ0n) is 11.2. The van der Waals surface area contributed by atoms with Gasteiger partial charge < -0.3 is 4.57 Å². The minimum absolute atomic E-state index is 0.238. The highest BCUT2D eigenvalue weighted by atomic mass is 79.9. The van der Waals surface area contributed by atoms with E-state index in [2.05, 4.69) is 25.5 Å². The molecule has 5 heteroatoms. The highest BCUT2D eigenvalue weighted by Gasteiger charge is 2.21. The maximum atomic E-state index is 13.8. The molecule has 1 aromatic carbocycles. The van der Waals surface area contributed by atoms with E-state index in [4.69, 9.17) is 11.6 Å². The van der Waals surface area contributed by atoms with E-state index in [1.165, 1.54) is 19.3 Å².